The molecule has 3 aliphatic rings. The van der Waals surface area contributed by atoms with Gasteiger partial charge in [-0.1, -0.05) is 6.92 Å². The van der Waals surface area contributed by atoms with Crippen LogP contribution in [0.5, 0.6) is 5.75 Å². The van der Waals surface area contributed by atoms with Crippen molar-refractivity contribution in [1.82, 2.24) is 28.6 Å². The molecule has 6 rings (SSSR count). The molecule has 3 aromatic rings. The molecule has 1 aromatic carbocycles. The highest BCUT2D eigenvalue weighted by Crippen LogP contribution is 2.41. The van der Waals surface area contributed by atoms with E-state index < -0.39 is 40.4 Å². The Morgan fingerprint density at radius 3 is 2.40 bits per heavy atom. The first kappa shape index (κ1) is 36.5. The van der Waals surface area contributed by atoms with Crippen molar-refractivity contribution in [3.63, 3.8) is 0 Å². The highest BCUT2D eigenvalue weighted by Gasteiger charge is 2.37. The van der Waals surface area contributed by atoms with Crippen LogP contribution in [0.3, 0.4) is 0 Å². The molecule has 19 heteroatoms. The Labute approximate surface area is 295 Å². The standard InChI is InChI=1S/C33H39F3N10O6/c1-5-23-27(42-10-12-43(13-11-42)29(49)26-28(48)31(51)44-14-15-52-17-24(44)40-26)30(50)46(37-2)32(38-18-41(3)4)45(23)16-25(47)39-22-9-8-21(33(34,35)36)19-6-7-20(19)22/h8-9,48H,2,5-7,10-18H2,1,3-4H3,(H,39,47)/b38-32-. The molecule has 52 heavy (non-hydrogen) atoms. The van der Waals surface area contributed by atoms with Crippen LogP contribution in [-0.2, 0) is 54.7 Å². The molecule has 1 aliphatic carbocycles. The zero-order chi connectivity index (χ0) is 37.5. The van der Waals surface area contributed by atoms with Gasteiger partial charge >= 0.3 is 6.18 Å². The predicted molar refractivity (Wildman–Crippen MR) is 183 cm³/mol. The van der Waals surface area contributed by atoms with E-state index in [0.29, 0.717) is 17.7 Å². The maximum atomic E-state index is 14.1. The number of hydrogen-bond donors (Lipinski definition) is 2. The van der Waals surface area contributed by atoms with Gasteiger partial charge in [0.25, 0.3) is 17.0 Å². The summed E-state index contributed by atoms with van der Waals surface area (Å²) < 4.78 is 49.7. The highest BCUT2D eigenvalue weighted by molar-refractivity contribution is 5.95. The lowest BCUT2D eigenvalue weighted by Gasteiger charge is -2.37. The van der Waals surface area contributed by atoms with Gasteiger partial charge in [-0.25, -0.2) is 9.98 Å². The molecule has 0 saturated carbocycles. The molecule has 0 radical (unpaired) electrons. The number of fused-ring (bicyclic) bond motifs is 2. The third-order valence-electron chi connectivity index (χ3n) is 9.33. The average Bonchev–Trinajstić information content (AvgIpc) is 3.09. The third kappa shape index (κ3) is 6.72. The first-order chi connectivity index (χ1) is 24.7. The van der Waals surface area contributed by atoms with Crippen molar-refractivity contribution in [3.8, 4) is 5.75 Å². The van der Waals surface area contributed by atoms with E-state index in [1.54, 1.807) is 35.4 Å². The van der Waals surface area contributed by atoms with Crippen LogP contribution in [0.4, 0.5) is 24.5 Å². The summed E-state index contributed by atoms with van der Waals surface area (Å²) in [6.45, 7) is 6.20. The van der Waals surface area contributed by atoms with Crippen molar-refractivity contribution in [2.24, 2.45) is 10.1 Å². The number of aromatic hydroxyl groups is 1. The summed E-state index contributed by atoms with van der Waals surface area (Å²) >= 11 is 0. The molecular formula is C33H39F3N10O6. The van der Waals surface area contributed by atoms with Gasteiger partial charge in [-0.05, 0) is 56.6 Å². The maximum absolute atomic E-state index is 14.1. The molecular weight excluding hydrogens is 689 g/mol. The number of nitrogens with zero attached hydrogens (tertiary/aromatic N) is 9. The molecule has 2 amide bonds. The molecule has 0 unspecified atom stereocenters. The van der Waals surface area contributed by atoms with Crippen LogP contribution in [0, 0.1) is 0 Å². The number of piperazine rings is 1. The Kier molecular flexibility index (Phi) is 10.1. The number of alkyl halides is 3. The maximum Gasteiger partial charge on any atom is 0.416 e. The molecule has 4 heterocycles. The number of nitrogens with one attached hydrogen (secondary N) is 1. The Bertz CT molecular complexity index is 2130. The van der Waals surface area contributed by atoms with E-state index >= 15 is 0 Å². The SMILES string of the molecule is C=Nn1c(=O)c(N2CCN(C(=O)c3nc4n(c(=O)c3O)CCOC4)CC2)c(CC)n(CC(=O)Nc2ccc(C(F)(F)F)c3c2CC3)/c1=N/CN(C)C. The lowest BCUT2D eigenvalue weighted by Crippen LogP contribution is -2.53. The number of ether oxygens (including phenoxy) is 1. The third-order valence-corrected chi connectivity index (χ3v) is 9.33. The highest BCUT2D eigenvalue weighted by atomic mass is 19.4. The van der Waals surface area contributed by atoms with Crippen LogP contribution in [0.15, 0.2) is 31.8 Å². The minimum Gasteiger partial charge on any atom is -0.501 e. The summed E-state index contributed by atoms with van der Waals surface area (Å²) in [5.74, 6) is -1.70. The van der Waals surface area contributed by atoms with E-state index in [4.69, 9.17) is 4.74 Å². The van der Waals surface area contributed by atoms with Crippen LogP contribution in [0.2, 0.25) is 0 Å². The Balaban J connectivity index is 1.31. The van der Waals surface area contributed by atoms with Gasteiger partial charge in [0.05, 0.1) is 31.1 Å². The van der Waals surface area contributed by atoms with Gasteiger partial charge in [0.15, 0.2) is 5.69 Å². The Morgan fingerprint density at radius 2 is 1.79 bits per heavy atom. The van der Waals surface area contributed by atoms with Crippen molar-refractivity contribution in [2.75, 3.05) is 63.8 Å². The molecule has 0 spiro atoms. The van der Waals surface area contributed by atoms with E-state index in [2.05, 4.69) is 27.1 Å². The number of carbonyl (C=O) groups is 2. The molecule has 2 N–H and O–H groups in total. The zero-order valence-corrected chi connectivity index (χ0v) is 29.0. The minimum atomic E-state index is -4.50. The van der Waals surface area contributed by atoms with Crippen LogP contribution >= 0.6 is 0 Å². The van der Waals surface area contributed by atoms with Gasteiger partial charge in [0.2, 0.25) is 17.3 Å². The topological polar surface area (TPSA) is 172 Å². The molecule has 1 saturated heterocycles. The summed E-state index contributed by atoms with van der Waals surface area (Å²) in [7, 11) is 3.54. The number of amides is 2. The number of halogens is 3. The number of carbonyl (C=O) groups excluding carboxylic acids is 2. The van der Waals surface area contributed by atoms with Crippen LogP contribution in [0.1, 0.15) is 45.6 Å². The van der Waals surface area contributed by atoms with Crippen LogP contribution in [-0.4, -0.2) is 106 Å². The summed E-state index contributed by atoms with van der Waals surface area (Å²) in [5, 5.41) is 17.3. The first-order valence-corrected chi connectivity index (χ1v) is 16.7. The quantitative estimate of drug-likeness (QED) is 0.300. The molecule has 16 nitrogen and oxygen atoms in total. The van der Waals surface area contributed by atoms with Gasteiger partial charge in [-0.2, -0.15) is 22.9 Å². The fraction of sp³-hybridized carbons (Fsp3) is 0.485. The molecule has 2 aromatic heterocycles. The monoisotopic (exact) mass is 728 g/mol. The second-order valence-electron chi connectivity index (χ2n) is 12.9. The van der Waals surface area contributed by atoms with Crippen molar-refractivity contribution in [3.05, 3.63) is 72.4 Å². The van der Waals surface area contributed by atoms with Gasteiger partial charge < -0.3 is 29.5 Å². The van der Waals surface area contributed by atoms with Gasteiger partial charge in [-0.3, -0.25) is 28.6 Å². The normalized spacial score (nSPS) is 16.0. The minimum absolute atomic E-state index is 0.0222. The Hall–Kier alpha value is -5.30. The summed E-state index contributed by atoms with van der Waals surface area (Å²) in [6.07, 6.45) is -3.58. The van der Waals surface area contributed by atoms with E-state index in [-0.39, 0.29) is 106 Å². The summed E-state index contributed by atoms with van der Waals surface area (Å²) in [5.41, 5.74) is -0.772. The van der Waals surface area contributed by atoms with E-state index in [0.717, 1.165) is 10.7 Å². The average molecular weight is 729 g/mol. The first-order valence-electron chi connectivity index (χ1n) is 16.7. The van der Waals surface area contributed by atoms with Crippen molar-refractivity contribution in [1.29, 1.82) is 0 Å². The zero-order valence-electron chi connectivity index (χ0n) is 29.0. The number of anilines is 2. The fourth-order valence-corrected chi connectivity index (χ4v) is 6.74. The van der Waals surface area contributed by atoms with Crippen LogP contribution in [0.25, 0.3) is 0 Å². The molecule has 1 fully saturated rings. The number of hydrogen-bond acceptors (Lipinski definition) is 11. The molecule has 2 aliphatic heterocycles. The van der Waals surface area contributed by atoms with Gasteiger partial charge in [0, 0.05) is 38.6 Å². The lowest BCUT2D eigenvalue weighted by atomic mass is 9.83. The van der Waals surface area contributed by atoms with Gasteiger partial charge in [-0.15, -0.1) is 0 Å². The van der Waals surface area contributed by atoms with E-state index in [1.807, 2.05) is 0 Å². The second kappa shape index (κ2) is 14.4. The second-order valence-corrected chi connectivity index (χ2v) is 12.9. The predicted octanol–water partition coefficient (Wildman–Crippen LogP) is 0.607. The largest absolute Gasteiger partial charge is 0.501 e. The number of aromatic nitrogens is 4. The molecule has 0 bridgehead atoms. The smallest absolute Gasteiger partial charge is 0.416 e. The summed E-state index contributed by atoms with van der Waals surface area (Å²) in [4.78, 5) is 67.7. The van der Waals surface area contributed by atoms with E-state index in [9.17, 15) is 37.5 Å². The molecule has 278 valence electrons. The fourth-order valence-electron chi connectivity index (χ4n) is 6.74. The van der Waals surface area contributed by atoms with Crippen molar-refractivity contribution in [2.45, 2.75) is 52.1 Å². The lowest BCUT2D eigenvalue weighted by molar-refractivity contribution is -0.138. The van der Waals surface area contributed by atoms with Crippen molar-refractivity contribution < 1.29 is 32.6 Å². The van der Waals surface area contributed by atoms with Crippen molar-refractivity contribution >= 4 is 29.9 Å². The van der Waals surface area contributed by atoms with Crippen LogP contribution < -0.4 is 27.0 Å². The summed E-state index contributed by atoms with van der Waals surface area (Å²) in [6, 6.07) is 2.22. The van der Waals surface area contributed by atoms with E-state index in [1.165, 1.54) is 15.5 Å². The Morgan fingerprint density at radius 1 is 1.08 bits per heavy atom. The number of benzene rings is 1. The van der Waals surface area contributed by atoms with Gasteiger partial charge in [0.1, 0.15) is 24.7 Å². The number of rotatable bonds is 9. The molecule has 0 atom stereocenters.